The Labute approximate surface area is 163 Å². The molecule has 1 aromatic carbocycles. The fraction of sp³-hybridized carbons (Fsp3) is 0.476. The second-order valence-corrected chi connectivity index (χ2v) is 8.05. The van der Waals surface area contributed by atoms with Crippen molar-refractivity contribution in [1.29, 1.82) is 0 Å². The fourth-order valence-electron chi connectivity index (χ4n) is 3.31. The quantitative estimate of drug-likeness (QED) is 0.493. The van der Waals surface area contributed by atoms with Crippen molar-refractivity contribution in [2.24, 2.45) is 0 Å². The summed E-state index contributed by atoms with van der Waals surface area (Å²) in [6.45, 7) is 8.45. The van der Waals surface area contributed by atoms with Crippen molar-refractivity contribution >= 4 is 23.0 Å². The summed E-state index contributed by atoms with van der Waals surface area (Å²) >= 11 is 0. The van der Waals surface area contributed by atoms with Crippen molar-refractivity contribution < 1.29 is 23.5 Å². The van der Waals surface area contributed by atoms with E-state index in [0.717, 1.165) is 35.8 Å². The van der Waals surface area contributed by atoms with Gasteiger partial charge >= 0.3 is 17.7 Å². The van der Waals surface area contributed by atoms with Gasteiger partial charge in [-0.15, -0.1) is 0 Å². The molecule has 7 nitrogen and oxygen atoms in total. The summed E-state index contributed by atoms with van der Waals surface area (Å²) in [5, 5.41) is 3.33. The average molecular weight is 387 g/mol. The summed E-state index contributed by atoms with van der Waals surface area (Å²) in [4.78, 5) is 36.4. The molecule has 1 unspecified atom stereocenters. The van der Waals surface area contributed by atoms with Gasteiger partial charge in [0.1, 0.15) is 23.0 Å². The molecular formula is C21H25NO6. The van der Waals surface area contributed by atoms with E-state index in [-0.39, 0.29) is 11.4 Å². The number of alkyl carbamates (subject to hydrolysis) is 1. The van der Waals surface area contributed by atoms with Crippen molar-refractivity contribution in [1.82, 2.24) is 5.32 Å². The normalized spacial score (nSPS) is 14.5. The molecule has 1 aliphatic carbocycles. The number of fused-ring (bicyclic) bond motifs is 3. The van der Waals surface area contributed by atoms with Gasteiger partial charge in [-0.25, -0.2) is 14.4 Å². The molecule has 0 fully saturated rings. The summed E-state index contributed by atoms with van der Waals surface area (Å²) in [6, 6.07) is 2.59. The molecule has 150 valence electrons. The van der Waals surface area contributed by atoms with Crippen LogP contribution in [0.2, 0.25) is 0 Å². The van der Waals surface area contributed by atoms with Crippen molar-refractivity contribution in [3.05, 3.63) is 39.2 Å². The molecule has 0 radical (unpaired) electrons. The van der Waals surface area contributed by atoms with Gasteiger partial charge in [-0.05, 0) is 71.6 Å². The first-order valence-corrected chi connectivity index (χ1v) is 9.36. The van der Waals surface area contributed by atoms with Gasteiger partial charge in [0.05, 0.1) is 0 Å². The first-order valence-electron chi connectivity index (χ1n) is 9.36. The third kappa shape index (κ3) is 4.03. The number of amides is 1. The van der Waals surface area contributed by atoms with Crippen molar-refractivity contribution in [3.8, 4) is 5.75 Å². The van der Waals surface area contributed by atoms with Crippen LogP contribution in [0, 0.1) is 6.92 Å². The molecule has 1 N–H and O–H groups in total. The molecule has 3 rings (SSSR count). The van der Waals surface area contributed by atoms with Crippen LogP contribution in [0.15, 0.2) is 21.3 Å². The smallest absolute Gasteiger partial charge is 0.408 e. The average Bonchev–Trinajstić information content (AvgIpc) is 3.06. The molecule has 0 spiro atoms. The number of esters is 1. The zero-order valence-electron chi connectivity index (χ0n) is 16.8. The van der Waals surface area contributed by atoms with Crippen LogP contribution >= 0.6 is 0 Å². The number of hydrogen-bond donors (Lipinski definition) is 1. The lowest BCUT2D eigenvalue weighted by molar-refractivity contribution is -0.136. The first-order chi connectivity index (χ1) is 13.1. The summed E-state index contributed by atoms with van der Waals surface area (Å²) in [7, 11) is 0. The highest BCUT2D eigenvalue weighted by atomic mass is 16.6. The Morgan fingerprint density at radius 3 is 2.54 bits per heavy atom. The fourth-order valence-corrected chi connectivity index (χ4v) is 3.31. The van der Waals surface area contributed by atoms with E-state index in [1.807, 2.05) is 6.07 Å². The van der Waals surface area contributed by atoms with E-state index >= 15 is 0 Å². The van der Waals surface area contributed by atoms with E-state index in [0.29, 0.717) is 11.1 Å². The maximum Gasteiger partial charge on any atom is 0.408 e. The molecule has 1 amide bonds. The van der Waals surface area contributed by atoms with Gasteiger partial charge in [-0.1, -0.05) is 0 Å². The molecule has 0 aliphatic heterocycles. The number of ether oxygens (including phenoxy) is 2. The van der Waals surface area contributed by atoms with E-state index in [1.165, 1.54) is 6.92 Å². The Morgan fingerprint density at radius 1 is 1.18 bits per heavy atom. The number of benzene rings is 1. The first kappa shape index (κ1) is 19.9. The molecule has 0 saturated heterocycles. The Kier molecular flexibility index (Phi) is 5.19. The standard InChI is InChI=1S/C21H25NO6/c1-11-16(26-18(23)12(2)22-20(25)28-21(3,4)5)10-9-14-13-7-6-8-15(13)19(24)27-17(11)14/h9-10,12H,6-8H2,1-5H3,(H,22,25). The predicted octanol–water partition coefficient (Wildman–Crippen LogP) is 3.41. The molecule has 2 aromatic rings. The number of rotatable bonds is 3. The zero-order chi connectivity index (χ0) is 20.6. The zero-order valence-corrected chi connectivity index (χ0v) is 16.8. The topological polar surface area (TPSA) is 94.8 Å². The highest BCUT2D eigenvalue weighted by Crippen LogP contribution is 2.33. The number of hydrogen-bond acceptors (Lipinski definition) is 6. The van der Waals surface area contributed by atoms with Crippen molar-refractivity contribution in [2.45, 2.75) is 65.5 Å². The van der Waals surface area contributed by atoms with Crippen LogP contribution in [0.3, 0.4) is 0 Å². The third-order valence-electron chi connectivity index (χ3n) is 4.64. The number of aryl methyl sites for hydroxylation is 2. The largest absolute Gasteiger partial charge is 0.444 e. The maximum absolute atomic E-state index is 12.4. The summed E-state index contributed by atoms with van der Waals surface area (Å²) in [5.74, 6) is -0.353. The lowest BCUT2D eigenvalue weighted by Gasteiger charge is -2.21. The molecule has 28 heavy (non-hydrogen) atoms. The minimum atomic E-state index is -0.906. The number of carbonyl (C=O) groups is 2. The second-order valence-electron chi connectivity index (χ2n) is 8.05. The van der Waals surface area contributed by atoms with E-state index in [9.17, 15) is 14.4 Å². The van der Waals surface area contributed by atoms with Crippen LogP contribution in [0.5, 0.6) is 5.75 Å². The van der Waals surface area contributed by atoms with Crippen molar-refractivity contribution in [2.75, 3.05) is 0 Å². The molecule has 7 heteroatoms. The van der Waals surface area contributed by atoms with Gasteiger partial charge in [0, 0.05) is 16.5 Å². The second kappa shape index (κ2) is 7.30. The highest BCUT2D eigenvalue weighted by molar-refractivity contribution is 5.88. The summed E-state index contributed by atoms with van der Waals surface area (Å²) < 4.78 is 16.1. The number of carbonyl (C=O) groups excluding carboxylic acids is 2. The van der Waals surface area contributed by atoms with E-state index in [4.69, 9.17) is 13.9 Å². The summed E-state index contributed by atoms with van der Waals surface area (Å²) in [6.07, 6.45) is 1.81. The van der Waals surface area contributed by atoms with Gasteiger partial charge in [-0.2, -0.15) is 0 Å². The Balaban J connectivity index is 1.80. The summed E-state index contributed by atoms with van der Waals surface area (Å²) in [5.41, 5.74) is 1.77. The van der Waals surface area contributed by atoms with Gasteiger partial charge < -0.3 is 19.2 Å². The van der Waals surface area contributed by atoms with Gasteiger partial charge in [0.25, 0.3) is 0 Å². The molecule has 1 heterocycles. The predicted molar refractivity (Wildman–Crippen MR) is 104 cm³/mol. The van der Waals surface area contributed by atoms with Gasteiger partial charge in [0.15, 0.2) is 0 Å². The van der Waals surface area contributed by atoms with Crippen LogP contribution < -0.4 is 15.7 Å². The number of nitrogens with one attached hydrogen (secondary N) is 1. The van der Waals surface area contributed by atoms with Crippen LogP contribution in [0.25, 0.3) is 11.0 Å². The highest BCUT2D eigenvalue weighted by Gasteiger charge is 2.25. The molecule has 0 bridgehead atoms. The Morgan fingerprint density at radius 2 is 1.86 bits per heavy atom. The molecule has 0 saturated carbocycles. The van der Waals surface area contributed by atoms with E-state index in [1.54, 1.807) is 33.8 Å². The Bertz CT molecular complexity index is 999. The Hall–Kier alpha value is -2.83. The molecule has 1 aliphatic rings. The van der Waals surface area contributed by atoms with E-state index in [2.05, 4.69) is 5.32 Å². The molecule has 1 aromatic heterocycles. The SMILES string of the molecule is Cc1c(OC(=O)C(C)NC(=O)OC(C)(C)C)ccc2c3c(c(=O)oc12)CCC3. The lowest BCUT2D eigenvalue weighted by Crippen LogP contribution is -2.43. The van der Waals surface area contributed by atoms with Crippen LogP contribution in [-0.2, 0) is 22.4 Å². The third-order valence-corrected chi connectivity index (χ3v) is 4.64. The maximum atomic E-state index is 12.4. The minimum Gasteiger partial charge on any atom is -0.444 e. The van der Waals surface area contributed by atoms with Gasteiger partial charge in [-0.3, -0.25) is 0 Å². The van der Waals surface area contributed by atoms with Crippen molar-refractivity contribution in [3.63, 3.8) is 0 Å². The monoisotopic (exact) mass is 387 g/mol. The van der Waals surface area contributed by atoms with Crippen LogP contribution in [0.1, 0.15) is 50.8 Å². The van der Waals surface area contributed by atoms with Gasteiger partial charge in [0.2, 0.25) is 0 Å². The molecule has 1 atom stereocenters. The molecular weight excluding hydrogens is 362 g/mol. The van der Waals surface area contributed by atoms with Crippen LogP contribution in [-0.4, -0.2) is 23.7 Å². The lowest BCUT2D eigenvalue weighted by atomic mass is 10.0. The minimum absolute atomic E-state index is 0.288. The van der Waals surface area contributed by atoms with Crippen LogP contribution in [0.4, 0.5) is 4.79 Å². The van der Waals surface area contributed by atoms with E-state index < -0.39 is 23.7 Å².